The molecule has 1 amide bonds. The van der Waals surface area contributed by atoms with Crippen LogP contribution in [0.3, 0.4) is 0 Å². The van der Waals surface area contributed by atoms with Gasteiger partial charge in [-0.05, 0) is 71.2 Å². The Hall–Kier alpha value is -3.08. The zero-order chi connectivity index (χ0) is 21.6. The summed E-state index contributed by atoms with van der Waals surface area (Å²) in [6.45, 7) is 8.93. The van der Waals surface area contributed by atoms with E-state index in [9.17, 15) is 4.79 Å². The van der Waals surface area contributed by atoms with Gasteiger partial charge in [0.2, 0.25) is 0 Å². The molecule has 5 heteroatoms. The minimum Gasteiger partial charge on any atom is -0.443 e. The normalized spacial score (nSPS) is 12.2. The van der Waals surface area contributed by atoms with Crippen LogP contribution in [0.1, 0.15) is 45.9 Å². The van der Waals surface area contributed by atoms with Crippen molar-refractivity contribution in [2.45, 2.75) is 59.1 Å². The van der Waals surface area contributed by atoms with Crippen molar-refractivity contribution in [3.05, 3.63) is 72.1 Å². The van der Waals surface area contributed by atoms with Gasteiger partial charge < -0.3 is 9.30 Å². The smallest absolute Gasteiger partial charge is 0.412 e. The molecule has 0 unspecified atom stereocenters. The molecule has 3 rings (SSSR count). The van der Waals surface area contributed by atoms with Gasteiger partial charge in [0.05, 0.1) is 11.0 Å². The summed E-state index contributed by atoms with van der Waals surface area (Å²) in [6, 6.07) is 17.6. The number of imidazole rings is 1. The molecule has 0 saturated heterocycles. The Balaban J connectivity index is 1.47. The highest BCUT2D eigenvalue weighted by molar-refractivity contribution is 5.84. The highest BCUT2D eigenvalue weighted by atomic mass is 16.6. The number of fused-ring (bicyclic) bond motifs is 1. The number of benzene rings is 2. The molecule has 0 aliphatic rings. The summed E-state index contributed by atoms with van der Waals surface area (Å²) in [6.07, 6.45) is 4.57. The first-order chi connectivity index (χ1) is 14.3. The number of carbonyl (C=O) groups is 1. The third-order valence-corrected chi connectivity index (χ3v) is 5.21. The van der Waals surface area contributed by atoms with Gasteiger partial charge in [0.15, 0.2) is 0 Å². The van der Waals surface area contributed by atoms with E-state index in [2.05, 4.69) is 33.9 Å². The number of ether oxygens (including phenoxy) is 1. The second-order valence-corrected chi connectivity index (χ2v) is 8.30. The first kappa shape index (κ1) is 21.6. The predicted octanol–water partition coefficient (Wildman–Crippen LogP) is 6.49. The average Bonchev–Trinajstić information content (AvgIpc) is 3.01. The molecule has 0 aliphatic heterocycles. The standard InChI is InChI=1S/C25H31N3O2/c1-19(16-18-28-20(2)26-22-14-8-9-15-23(22)28)11-10-17-25(3,4)30-24(29)27-21-12-6-5-7-13-21/h5-9,12-16H,10-11,17-18H2,1-4H3,(H,27,29). The number of hydrogen-bond donors (Lipinski definition) is 1. The Labute approximate surface area is 178 Å². The number of aromatic nitrogens is 2. The number of para-hydroxylation sites is 3. The first-order valence-electron chi connectivity index (χ1n) is 10.5. The minimum absolute atomic E-state index is 0.416. The van der Waals surface area contributed by atoms with Crippen LogP contribution in [0.4, 0.5) is 10.5 Å². The highest BCUT2D eigenvalue weighted by Gasteiger charge is 2.22. The van der Waals surface area contributed by atoms with Gasteiger partial charge in [0, 0.05) is 12.2 Å². The van der Waals surface area contributed by atoms with Gasteiger partial charge in [-0.1, -0.05) is 42.0 Å². The van der Waals surface area contributed by atoms with Gasteiger partial charge in [0.25, 0.3) is 0 Å². The van der Waals surface area contributed by atoms with Gasteiger partial charge in [-0.15, -0.1) is 0 Å². The summed E-state index contributed by atoms with van der Waals surface area (Å²) < 4.78 is 7.86. The SMILES string of the molecule is CC(=CCn1c(C)nc2ccccc21)CCCC(C)(C)OC(=O)Nc1ccccc1. The van der Waals surface area contributed by atoms with Crippen LogP contribution < -0.4 is 5.32 Å². The number of allylic oxidation sites excluding steroid dienone is 2. The Bertz CT molecular complexity index is 1020. The van der Waals surface area contributed by atoms with Crippen molar-refractivity contribution in [2.75, 3.05) is 5.32 Å². The van der Waals surface area contributed by atoms with Gasteiger partial charge >= 0.3 is 6.09 Å². The molecule has 1 heterocycles. The van der Waals surface area contributed by atoms with Crippen molar-refractivity contribution in [3.8, 4) is 0 Å². The molecule has 158 valence electrons. The van der Waals surface area contributed by atoms with Crippen LogP contribution in [0.5, 0.6) is 0 Å². The molecule has 1 aromatic heterocycles. The van der Waals surface area contributed by atoms with Gasteiger partial charge in [0.1, 0.15) is 11.4 Å². The van der Waals surface area contributed by atoms with E-state index >= 15 is 0 Å². The molecule has 0 radical (unpaired) electrons. The Kier molecular flexibility index (Phi) is 6.93. The van der Waals surface area contributed by atoms with Crippen molar-refractivity contribution < 1.29 is 9.53 Å². The van der Waals surface area contributed by atoms with Crippen LogP contribution in [0.25, 0.3) is 11.0 Å². The summed E-state index contributed by atoms with van der Waals surface area (Å²) >= 11 is 0. The largest absolute Gasteiger partial charge is 0.443 e. The fourth-order valence-electron chi connectivity index (χ4n) is 3.54. The molecule has 0 spiro atoms. The lowest BCUT2D eigenvalue weighted by Gasteiger charge is -2.25. The van der Waals surface area contributed by atoms with Crippen LogP contribution in [0, 0.1) is 6.92 Å². The molecule has 0 bridgehead atoms. The number of hydrogen-bond acceptors (Lipinski definition) is 3. The lowest BCUT2D eigenvalue weighted by Crippen LogP contribution is -2.30. The second-order valence-electron chi connectivity index (χ2n) is 8.30. The number of carbonyl (C=O) groups excluding carboxylic acids is 1. The number of nitrogens with one attached hydrogen (secondary N) is 1. The van der Waals surface area contributed by atoms with E-state index in [1.807, 2.05) is 69.3 Å². The summed E-state index contributed by atoms with van der Waals surface area (Å²) in [4.78, 5) is 16.8. The van der Waals surface area contributed by atoms with Gasteiger partial charge in [-0.25, -0.2) is 9.78 Å². The van der Waals surface area contributed by atoms with Crippen LogP contribution >= 0.6 is 0 Å². The van der Waals surface area contributed by atoms with Crippen molar-refractivity contribution in [2.24, 2.45) is 0 Å². The molecular formula is C25H31N3O2. The van der Waals surface area contributed by atoms with E-state index in [4.69, 9.17) is 4.74 Å². The predicted molar refractivity (Wildman–Crippen MR) is 123 cm³/mol. The third-order valence-electron chi connectivity index (χ3n) is 5.21. The third kappa shape index (κ3) is 5.96. The minimum atomic E-state index is -0.518. The molecule has 3 aromatic rings. The molecule has 0 saturated carbocycles. The molecule has 1 N–H and O–H groups in total. The van der Waals surface area contributed by atoms with E-state index in [1.54, 1.807) is 0 Å². The second kappa shape index (κ2) is 9.61. The summed E-state index contributed by atoms with van der Waals surface area (Å²) in [5, 5.41) is 2.77. The maximum atomic E-state index is 12.1. The summed E-state index contributed by atoms with van der Waals surface area (Å²) in [5.41, 5.74) is 3.75. The van der Waals surface area contributed by atoms with Gasteiger partial charge in [-0.3, -0.25) is 5.32 Å². The average molecular weight is 406 g/mol. The molecular weight excluding hydrogens is 374 g/mol. The van der Waals surface area contributed by atoms with Crippen molar-refractivity contribution in [1.29, 1.82) is 0 Å². The van der Waals surface area contributed by atoms with Crippen LogP contribution in [0.15, 0.2) is 66.2 Å². The summed E-state index contributed by atoms with van der Waals surface area (Å²) in [5.74, 6) is 1.03. The van der Waals surface area contributed by atoms with E-state index in [0.29, 0.717) is 0 Å². The highest BCUT2D eigenvalue weighted by Crippen LogP contribution is 2.22. The number of amides is 1. The fourth-order valence-corrected chi connectivity index (χ4v) is 3.54. The molecule has 0 atom stereocenters. The van der Waals surface area contributed by atoms with Crippen LogP contribution in [-0.4, -0.2) is 21.2 Å². The van der Waals surface area contributed by atoms with Crippen LogP contribution in [-0.2, 0) is 11.3 Å². The lowest BCUT2D eigenvalue weighted by molar-refractivity contribution is 0.0410. The van der Waals surface area contributed by atoms with E-state index in [-0.39, 0.29) is 0 Å². The number of anilines is 1. The Morgan fingerprint density at radius 2 is 1.83 bits per heavy atom. The zero-order valence-corrected chi connectivity index (χ0v) is 18.3. The fraction of sp³-hybridized carbons (Fsp3) is 0.360. The number of rotatable bonds is 8. The molecule has 0 aliphatic carbocycles. The maximum Gasteiger partial charge on any atom is 0.412 e. The molecule has 30 heavy (non-hydrogen) atoms. The van der Waals surface area contributed by atoms with Crippen molar-refractivity contribution in [1.82, 2.24) is 9.55 Å². The Morgan fingerprint density at radius 3 is 2.60 bits per heavy atom. The molecule has 0 fully saturated rings. The van der Waals surface area contributed by atoms with Gasteiger partial charge in [-0.2, -0.15) is 0 Å². The summed E-state index contributed by atoms with van der Waals surface area (Å²) in [7, 11) is 0. The number of nitrogens with zero attached hydrogens (tertiary/aromatic N) is 2. The quantitative estimate of drug-likeness (QED) is 0.436. The van der Waals surface area contributed by atoms with Crippen LogP contribution in [0.2, 0.25) is 0 Å². The monoisotopic (exact) mass is 405 g/mol. The zero-order valence-electron chi connectivity index (χ0n) is 18.3. The van der Waals surface area contributed by atoms with Crippen molar-refractivity contribution in [3.63, 3.8) is 0 Å². The van der Waals surface area contributed by atoms with E-state index in [0.717, 1.165) is 48.4 Å². The Morgan fingerprint density at radius 1 is 1.13 bits per heavy atom. The van der Waals surface area contributed by atoms with E-state index < -0.39 is 11.7 Å². The molecule has 5 nitrogen and oxygen atoms in total. The number of aryl methyl sites for hydroxylation is 1. The maximum absolute atomic E-state index is 12.1. The lowest BCUT2D eigenvalue weighted by atomic mass is 9.99. The first-order valence-corrected chi connectivity index (χ1v) is 10.5. The van der Waals surface area contributed by atoms with Crippen molar-refractivity contribution >= 4 is 22.8 Å². The van der Waals surface area contributed by atoms with E-state index in [1.165, 1.54) is 5.57 Å². The topological polar surface area (TPSA) is 56.2 Å². The molecule has 2 aromatic carbocycles.